The minimum atomic E-state index is -0.0495. The maximum Gasteiger partial charge on any atom is 0.220 e. The van der Waals surface area contributed by atoms with E-state index in [0.717, 1.165) is 12.0 Å². The number of allylic oxidation sites excluding steroid dienone is 6. The van der Waals surface area contributed by atoms with Crippen molar-refractivity contribution in [1.82, 2.24) is 5.32 Å². The zero-order chi connectivity index (χ0) is 11.8. The van der Waals surface area contributed by atoms with Crippen LogP contribution in [0, 0.1) is 0 Å². The van der Waals surface area contributed by atoms with Crippen LogP contribution in [0.5, 0.6) is 0 Å². The molecule has 0 unspecified atom stereocenters. The summed E-state index contributed by atoms with van der Waals surface area (Å²) < 4.78 is 0. The molecule has 0 aliphatic heterocycles. The molecule has 0 spiro atoms. The van der Waals surface area contributed by atoms with E-state index < -0.39 is 0 Å². The highest BCUT2D eigenvalue weighted by Gasteiger charge is 2.06. The van der Waals surface area contributed by atoms with Crippen molar-refractivity contribution in [2.75, 3.05) is 13.1 Å². The molecule has 1 amide bonds. The normalized spacial score (nSPS) is 13.2. The van der Waals surface area contributed by atoms with Gasteiger partial charge in [-0.15, -0.1) is 0 Å². The Bertz CT molecular complexity index is 316. The van der Waals surface area contributed by atoms with Gasteiger partial charge in [0, 0.05) is 25.0 Å². The second kappa shape index (κ2) is 6.85. The molecular weight excluding hydrogens is 204 g/mol. The lowest BCUT2D eigenvalue weighted by Crippen LogP contribution is -2.25. The number of hydrogen-bond donors (Lipinski definition) is 3. The summed E-state index contributed by atoms with van der Waals surface area (Å²) in [6.07, 6.45) is 8.81. The summed E-state index contributed by atoms with van der Waals surface area (Å²) in [5, 5.41) is 12.4. The number of carbonyl (C=O) groups excluding carboxylic acids is 1. The topological polar surface area (TPSA) is 75.3 Å². The first-order valence-electron chi connectivity index (χ1n) is 5.47. The van der Waals surface area contributed by atoms with E-state index in [1.165, 1.54) is 0 Å². The smallest absolute Gasteiger partial charge is 0.220 e. The van der Waals surface area contributed by atoms with Gasteiger partial charge in [0.25, 0.3) is 0 Å². The molecule has 0 fully saturated rings. The molecule has 16 heavy (non-hydrogen) atoms. The van der Waals surface area contributed by atoms with Gasteiger partial charge in [0.1, 0.15) is 0 Å². The maximum absolute atomic E-state index is 11.3. The highest BCUT2D eigenvalue weighted by molar-refractivity contribution is 5.76. The van der Waals surface area contributed by atoms with Gasteiger partial charge in [-0.1, -0.05) is 24.3 Å². The first-order valence-corrected chi connectivity index (χ1v) is 5.47. The monoisotopic (exact) mass is 222 g/mol. The van der Waals surface area contributed by atoms with Gasteiger partial charge >= 0.3 is 0 Å². The summed E-state index contributed by atoms with van der Waals surface area (Å²) in [7, 11) is 0. The SMILES string of the molecule is NCCCNC(=O)CCC(O)=C1C=CC=C1. The van der Waals surface area contributed by atoms with Crippen molar-refractivity contribution < 1.29 is 9.90 Å². The Morgan fingerprint density at radius 2 is 2.00 bits per heavy atom. The third-order valence-electron chi connectivity index (χ3n) is 2.29. The minimum Gasteiger partial charge on any atom is -0.512 e. The van der Waals surface area contributed by atoms with Crippen molar-refractivity contribution in [3.8, 4) is 0 Å². The van der Waals surface area contributed by atoms with Crippen LogP contribution in [-0.4, -0.2) is 24.1 Å². The Morgan fingerprint density at radius 1 is 1.31 bits per heavy atom. The number of carbonyl (C=O) groups is 1. The predicted molar refractivity (Wildman–Crippen MR) is 63.8 cm³/mol. The fourth-order valence-electron chi connectivity index (χ4n) is 1.36. The molecule has 1 aliphatic rings. The Labute approximate surface area is 95.5 Å². The molecule has 0 atom stereocenters. The summed E-state index contributed by atoms with van der Waals surface area (Å²) in [5.74, 6) is 0.213. The van der Waals surface area contributed by atoms with Crippen LogP contribution in [-0.2, 0) is 4.79 Å². The van der Waals surface area contributed by atoms with Gasteiger partial charge < -0.3 is 16.2 Å². The standard InChI is InChI=1S/C12H18N2O2/c13-8-3-9-14-12(16)7-6-11(15)10-4-1-2-5-10/h1-2,4-5,15H,3,6-9,13H2,(H,14,16). The van der Waals surface area contributed by atoms with Gasteiger partial charge in [0.15, 0.2) is 0 Å². The average molecular weight is 222 g/mol. The lowest BCUT2D eigenvalue weighted by atomic mass is 10.1. The third kappa shape index (κ3) is 4.31. The van der Waals surface area contributed by atoms with Crippen molar-refractivity contribution in [3.05, 3.63) is 35.6 Å². The van der Waals surface area contributed by atoms with Gasteiger partial charge in [0.05, 0.1) is 5.76 Å². The first kappa shape index (κ1) is 12.5. The molecule has 0 aromatic rings. The van der Waals surface area contributed by atoms with Gasteiger partial charge in [-0.3, -0.25) is 4.79 Å². The van der Waals surface area contributed by atoms with Crippen LogP contribution >= 0.6 is 0 Å². The van der Waals surface area contributed by atoms with Crippen LogP contribution in [0.25, 0.3) is 0 Å². The van der Waals surface area contributed by atoms with E-state index in [4.69, 9.17) is 5.73 Å². The van der Waals surface area contributed by atoms with Gasteiger partial charge in [0.2, 0.25) is 5.91 Å². The van der Waals surface area contributed by atoms with Crippen LogP contribution in [0.4, 0.5) is 0 Å². The van der Waals surface area contributed by atoms with Crippen LogP contribution in [0.1, 0.15) is 19.3 Å². The molecule has 0 bridgehead atoms. The first-order chi connectivity index (χ1) is 7.74. The number of hydrogen-bond acceptors (Lipinski definition) is 3. The van der Waals surface area contributed by atoms with Gasteiger partial charge in [-0.05, 0) is 13.0 Å². The number of nitrogens with one attached hydrogen (secondary N) is 1. The molecule has 0 saturated heterocycles. The van der Waals surface area contributed by atoms with E-state index in [-0.39, 0.29) is 11.7 Å². The van der Waals surface area contributed by atoms with Crippen molar-refractivity contribution in [1.29, 1.82) is 0 Å². The van der Waals surface area contributed by atoms with Crippen molar-refractivity contribution in [2.45, 2.75) is 19.3 Å². The highest BCUT2D eigenvalue weighted by Crippen LogP contribution is 2.15. The van der Waals surface area contributed by atoms with E-state index in [1.807, 2.05) is 24.3 Å². The summed E-state index contributed by atoms with van der Waals surface area (Å²) in [6, 6.07) is 0. The van der Waals surface area contributed by atoms with Gasteiger partial charge in [-0.25, -0.2) is 0 Å². The summed E-state index contributed by atoms with van der Waals surface area (Å²) in [5.41, 5.74) is 6.09. The molecule has 1 rings (SSSR count). The molecule has 4 N–H and O–H groups in total. The number of aliphatic hydroxyl groups excluding tert-OH is 1. The Hall–Kier alpha value is -1.55. The molecule has 4 nitrogen and oxygen atoms in total. The van der Waals surface area contributed by atoms with E-state index in [1.54, 1.807) is 0 Å². The fourth-order valence-corrected chi connectivity index (χ4v) is 1.36. The third-order valence-corrected chi connectivity index (χ3v) is 2.29. The predicted octanol–water partition coefficient (Wildman–Crippen LogP) is 1.17. The Morgan fingerprint density at radius 3 is 2.62 bits per heavy atom. The number of amides is 1. The van der Waals surface area contributed by atoms with Crippen LogP contribution in [0.2, 0.25) is 0 Å². The van der Waals surface area contributed by atoms with E-state index in [2.05, 4.69) is 5.32 Å². The van der Waals surface area contributed by atoms with Crippen molar-refractivity contribution in [2.24, 2.45) is 5.73 Å². The van der Waals surface area contributed by atoms with E-state index in [9.17, 15) is 9.90 Å². The minimum absolute atomic E-state index is 0.0495. The largest absolute Gasteiger partial charge is 0.512 e. The molecule has 0 aromatic heterocycles. The molecular formula is C12H18N2O2. The van der Waals surface area contributed by atoms with E-state index >= 15 is 0 Å². The zero-order valence-corrected chi connectivity index (χ0v) is 9.28. The quantitative estimate of drug-likeness (QED) is 0.466. The second-order valence-corrected chi connectivity index (χ2v) is 3.61. The number of aliphatic hydroxyl groups is 1. The van der Waals surface area contributed by atoms with Crippen LogP contribution < -0.4 is 11.1 Å². The molecule has 0 radical (unpaired) electrons. The molecule has 0 heterocycles. The summed E-state index contributed by atoms with van der Waals surface area (Å²) in [4.78, 5) is 11.3. The number of nitrogens with two attached hydrogens (primary N) is 1. The van der Waals surface area contributed by atoms with Crippen molar-refractivity contribution >= 4 is 5.91 Å². The number of rotatable bonds is 6. The summed E-state index contributed by atoms with van der Waals surface area (Å²) >= 11 is 0. The molecule has 0 aromatic carbocycles. The Kier molecular flexibility index (Phi) is 5.36. The van der Waals surface area contributed by atoms with Crippen LogP contribution in [0.3, 0.4) is 0 Å². The fraction of sp³-hybridized carbons (Fsp3) is 0.417. The lowest BCUT2D eigenvalue weighted by molar-refractivity contribution is -0.121. The zero-order valence-electron chi connectivity index (χ0n) is 9.28. The molecule has 1 aliphatic carbocycles. The van der Waals surface area contributed by atoms with Crippen LogP contribution in [0.15, 0.2) is 35.6 Å². The van der Waals surface area contributed by atoms with Gasteiger partial charge in [-0.2, -0.15) is 0 Å². The highest BCUT2D eigenvalue weighted by atomic mass is 16.3. The molecule has 4 heteroatoms. The van der Waals surface area contributed by atoms with E-state index in [0.29, 0.717) is 25.9 Å². The molecule has 88 valence electrons. The second-order valence-electron chi connectivity index (χ2n) is 3.61. The summed E-state index contributed by atoms with van der Waals surface area (Å²) in [6.45, 7) is 1.18. The van der Waals surface area contributed by atoms with Crippen molar-refractivity contribution in [3.63, 3.8) is 0 Å². The molecule has 0 saturated carbocycles. The maximum atomic E-state index is 11.3. The Balaban J connectivity index is 2.24. The average Bonchev–Trinajstić information content (AvgIpc) is 2.79. The lowest BCUT2D eigenvalue weighted by Gasteiger charge is -2.04.